The van der Waals surface area contributed by atoms with Crippen molar-refractivity contribution in [2.45, 2.75) is 6.61 Å². The van der Waals surface area contributed by atoms with Crippen molar-refractivity contribution in [2.75, 3.05) is 0 Å². The molecule has 1 aromatic rings. The number of carbonyl (C=O) groups is 1. The van der Waals surface area contributed by atoms with E-state index in [1.807, 2.05) is 0 Å². The van der Waals surface area contributed by atoms with Crippen molar-refractivity contribution in [3.8, 4) is 0 Å². The summed E-state index contributed by atoms with van der Waals surface area (Å²) in [7, 11) is -1.81. The molecule has 5 nitrogen and oxygen atoms in total. The van der Waals surface area contributed by atoms with Gasteiger partial charge >= 0.3 is 13.3 Å². The van der Waals surface area contributed by atoms with Gasteiger partial charge in [0.15, 0.2) is 0 Å². The van der Waals surface area contributed by atoms with Crippen molar-refractivity contribution in [1.82, 2.24) is 0 Å². The van der Waals surface area contributed by atoms with Gasteiger partial charge in [0.25, 0.3) is 0 Å². The molecule has 0 aliphatic rings. The smallest absolute Gasteiger partial charge is 0.478 e. The predicted molar refractivity (Wildman–Crippen MR) is 48.4 cm³/mol. The lowest BCUT2D eigenvalue weighted by molar-refractivity contribution is 0.0696. The minimum absolute atomic E-state index is 0.0254. The van der Waals surface area contributed by atoms with E-state index < -0.39 is 13.3 Å². The number of rotatable bonds is 4. The maximum atomic E-state index is 10.5. The molecule has 1 aromatic carbocycles. The molecule has 0 saturated heterocycles. The molecule has 74 valence electrons. The molecule has 0 amide bonds. The van der Waals surface area contributed by atoms with Crippen LogP contribution in [0.2, 0.25) is 0 Å². The molecule has 0 fully saturated rings. The van der Waals surface area contributed by atoms with Crippen LogP contribution in [0.3, 0.4) is 0 Å². The minimum atomic E-state index is -1.81. The highest BCUT2D eigenvalue weighted by Crippen LogP contribution is 2.05. The highest BCUT2D eigenvalue weighted by atomic mass is 16.6. The van der Waals surface area contributed by atoms with Gasteiger partial charge in [-0.3, -0.25) is 0 Å². The number of carboxylic acids is 1. The predicted octanol–water partition coefficient (Wildman–Crippen LogP) is -0.129. The molecule has 0 heterocycles. The van der Waals surface area contributed by atoms with Gasteiger partial charge in [0.05, 0.1) is 12.2 Å². The van der Waals surface area contributed by atoms with Gasteiger partial charge in [-0.25, -0.2) is 4.79 Å². The van der Waals surface area contributed by atoms with Crippen LogP contribution in [0.1, 0.15) is 15.9 Å². The lowest BCUT2D eigenvalue weighted by atomic mass is 10.1. The molecular weight excluding hydrogens is 187 g/mol. The largest absolute Gasteiger partial charge is 0.634 e. The van der Waals surface area contributed by atoms with Crippen LogP contribution in [0.15, 0.2) is 24.3 Å². The summed E-state index contributed by atoms with van der Waals surface area (Å²) >= 11 is 0. The van der Waals surface area contributed by atoms with Crippen LogP contribution in [-0.4, -0.2) is 28.4 Å². The molecule has 0 spiro atoms. The van der Waals surface area contributed by atoms with E-state index in [4.69, 9.17) is 15.2 Å². The fraction of sp³-hybridized carbons (Fsp3) is 0.125. The maximum absolute atomic E-state index is 10.5. The first-order valence-corrected chi connectivity index (χ1v) is 3.89. The summed E-state index contributed by atoms with van der Waals surface area (Å²) in [4.78, 5) is 10.5. The Labute approximate surface area is 80.7 Å². The van der Waals surface area contributed by atoms with Gasteiger partial charge < -0.3 is 19.8 Å². The van der Waals surface area contributed by atoms with Gasteiger partial charge in [-0.2, -0.15) is 0 Å². The van der Waals surface area contributed by atoms with Crippen LogP contribution >= 0.6 is 0 Å². The Morgan fingerprint density at radius 2 is 1.86 bits per heavy atom. The standard InChI is InChI=1S/C8H9BO5/c10-8(11)7-3-1-6(2-4-7)5-14-9(12)13/h1-4,12-13H,5H2,(H,10,11). The topological polar surface area (TPSA) is 87.0 Å². The second-order valence-electron chi connectivity index (χ2n) is 2.64. The van der Waals surface area contributed by atoms with E-state index in [0.29, 0.717) is 5.56 Å². The van der Waals surface area contributed by atoms with E-state index in [9.17, 15) is 4.79 Å². The van der Waals surface area contributed by atoms with Crippen molar-refractivity contribution in [2.24, 2.45) is 0 Å². The van der Waals surface area contributed by atoms with E-state index in [-0.39, 0.29) is 12.2 Å². The number of hydrogen-bond acceptors (Lipinski definition) is 4. The Bertz CT molecular complexity index is 308. The van der Waals surface area contributed by atoms with Crippen LogP contribution in [-0.2, 0) is 11.3 Å². The van der Waals surface area contributed by atoms with Crippen LogP contribution in [0.25, 0.3) is 0 Å². The van der Waals surface area contributed by atoms with Crippen LogP contribution < -0.4 is 0 Å². The Hall–Kier alpha value is -1.37. The summed E-state index contributed by atoms with van der Waals surface area (Å²) in [6.07, 6.45) is 0. The number of benzene rings is 1. The fourth-order valence-corrected chi connectivity index (χ4v) is 0.914. The average molecular weight is 196 g/mol. The molecule has 1 rings (SSSR count). The fourth-order valence-electron chi connectivity index (χ4n) is 0.914. The normalized spacial score (nSPS) is 9.86. The first kappa shape index (κ1) is 10.7. The third-order valence-corrected chi connectivity index (χ3v) is 1.60. The lowest BCUT2D eigenvalue weighted by Crippen LogP contribution is -2.16. The second-order valence-corrected chi connectivity index (χ2v) is 2.64. The van der Waals surface area contributed by atoms with Crippen LogP contribution in [0.4, 0.5) is 0 Å². The first-order valence-electron chi connectivity index (χ1n) is 3.89. The van der Waals surface area contributed by atoms with E-state index in [1.54, 1.807) is 12.1 Å². The number of carboxylic acid groups (broad SMARTS) is 1. The van der Waals surface area contributed by atoms with Gasteiger partial charge in [0, 0.05) is 0 Å². The third kappa shape index (κ3) is 3.17. The van der Waals surface area contributed by atoms with E-state index >= 15 is 0 Å². The Morgan fingerprint density at radius 1 is 1.29 bits per heavy atom. The van der Waals surface area contributed by atoms with Crippen molar-refractivity contribution in [1.29, 1.82) is 0 Å². The quantitative estimate of drug-likeness (QED) is 0.584. The minimum Gasteiger partial charge on any atom is -0.478 e. The molecule has 0 saturated carbocycles. The summed E-state index contributed by atoms with van der Waals surface area (Å²) in [5, 5.41) is 25.4. The van der Waals surface area contributed by atoms with Crippen LogP contribution in [0.5, 0.6) is 0 Å². The monoisotopic (exact) mass is 196 g/mol. The summed E-state index contributed by atoms with van der Waals surface area (Å²) in [6, 6.07) is 5.94. The lowest BCUT2D eigenvalue weighted by Gasteiger charge is -2.02. The summed E-state index contributed by atoms with van der Waals surface area (Å²) < 4.78 is 4.49. The molecule has 6 heteroatoms. The molecular formula is C8H9BO5. The Kier molecular flexibility index (Phi) is 3.64. The van der Waals surface area contributed by atoms with Gasteiger partial charge in [-0.05, 0) is 17.7 Å². The van der Waals surface area contributed by atoms with Gasteiger partial charge in [-0.15, -0.1) is 0 Å². The van der Waals surface area contributed by atoms with Gasteiger partial charge in [-0.1, -0.05) is 12.1 Å². The molecule has 0 radical (unpaired) electrons. The Balaban J connectivity index is 2.60. The number of aromatic carboxylic acids is 1. The van der Waals surface area contributed by atoms with Gasteiger partial charge in [0.2, 0.25) is 0 Å². The molecule has 0 aliphatic heterocycles. The zero-order chi connectivity index (χ0) is 10.6. The zero-order valence-corrected chi connectivity index (χ0v) is 7.25. The van der Waals surface area contributed by atoms with Crippen molar-refractivity contribution < 1.29 is 24.6 Å². The first-order chi connectivity index (χ1) is 6.59. The summed E-state index contributed by atoms with van der Waals surface area (Å²) in [5.74, 6) is -1.00. The highest BCUT2D eigenvalue weighted by Gasteiger charge is 2.08. The molecule has 0 unspecified atom stereocenters. The van der Waals surface area contributed by atoms with Crippen LogP contribution in [0, 0.1) is 0 Å². The van der Waals surface area contributed by atoms with Crippen molar-refractivity contribution in [3.05, 3.63) is 35.4 Å². The maximum Gasteiger partial charge on any atom is 0.634 e. The highest BCUT2D eigenvalue weighted by molar-refractivity contribution is 6.32. The Morgan fingerprint density at radius 3 is 2.29 bits per heavy atom. The van der Waals surface area contributed by atoms with E-state index in [1.165, 1.54) is 12.1 Å². The average Bonchev–Trinajstić information content (AvgIpc) is 2.15. The molecule has 14 heavy (non-hydrogen) atoms. The van der Waals surface area contributed by atoms with Gasteiger partial charge in [0.1, 0.15) is 0 Å². The summed E-state index contributed by atoms with van der Waals surface area (Å²) in [5.41, 5.74) is 0.849. The SMILES string of the molecule is O=C(O)c1ccc(COB(O)O)cc1. The summed E-state index contributed by atoms with van der Waals surface area (Å²) in [6.45, 7) is 0.0254. The van der Waals surface area contributed by atoms with Crippen molar-refractivity contribution >= 4 is 13.3 Å². The molecule has 3 N–H and O–H groups in total. The molecule has 0 aliphatic carbocycles. The molecule has 0 aromatic heterocycles. The van der Waals surface area contributed by atoms with E-state index in [2.05, 4.69) is 4.65 Å². The zero-order valence-electron chi connectivity index (χ0n) is 7.25. The third-order valence-electron chi connectivity index (χ3n) is 1.60. The van der Waals surface area contributed by atoms with E-state index in [0.717, 1.165) is 0 Å². The van der Waals surface area contributed by atoms with Crippen molar-refractivity contribution in [3.63, 3.8) is 0 Å². The molecule has 0 bridgehead atoms. The number of hydrogen-bond donors (Lipinski definition) is 3. The molecule has 0 atom stereocenters. The second kappa shape index (κ2) is 4.76.